The minimum Gasteiger partial charge on any atom is -0.0815 e. The summed E-state index contributed by atoms with van der Waals surface area (Å²) in [6.07, 6.45) is 3.29. The normalized spacial score (nSPS) is 10.5. The van der Waals surface area contributed by atoms with Gasteiger partial charge in [0.15, 0.2) is 0 Å². The molecule has 0 radical (unpaired) electrons. The highest BCUT2D eigenvalue weighted by molar-refractivity contribution is 5.77. The van der Waals surface area contributed by atoms with Crippen molar-refractivity contribution in [3.05, 3.63) is 95.6 Å². The SMILES string of the molecule is CC(C)=CCc1c(-c2ccccc2)ccc(-c2ccccc2)c1C. The molecular formula is C24H24. The second-order valence-electron chi connectivity index (χ2n) is 6.48. The summed E-state index contributed by atoms with van der Waals surface area (Å²) in [6, 6.07) is 25.9. The number of benzene rings is 3. The van der Waals surface area contributed by atoms with Crippen LogP contribution >= 0.6 is 0 Å². The predicted octanol–water partition coefficient (Wildman–Crippen LogP) is 6.84. The number of allylic oxidation sites excluding steroid dienone is 2. The van der Waals surface area contributed by atoms with E-state index in [-0.39, 0.29) is 0 Å². The summed E-state index contributed by atoms with van der Waals surface area (Å²) >= 11 is 0. The van der Waals surface area contributed by atoms with Crippen LogP contribution in [0, 0.1) is 6.92 Å². The molecule has 0 atom stereocenters. The molecule has 0 N–H and O–H groups in total. The molecule has 0 nitrogen and oxygen atoms in total. The summed E-state index contributed by atoms with van der Waals surface area (Å²) in [6.45, 7) is 6.58. The van der Waals surface area contributed by atoms with E-state index < -0.39 is 0 Å². The number of rotatable bonds is 4. The molecule has 3 aromatic carbocycles. The van der Waals surface area contributed by atoms with Crippen LogP contribution in [0.25, 0.3) is 22.3 Å². The molecule has 0 unspecified atom stereocenters. The van der Waals surface area contributed by atoms with Gasteiger partial charge < -0.3 is 0 Å². The fourth-order valence-corrected chi connectivity index (χ4v) is 3.14. The van der Waals surface area contributed by atoms with E-state index in [1.165, 1.54) is 39.0 Å². The van der Waals surface area contributed by atoms with Gasteiger partial charge in [0.25, 0.3) is 0 Å². The third-order valence-electron chi connectivity index (χ3n) is 4.48. The van der Waals surface area contributed by atoms with Gasteiger partial charge in [0.05, 0.1) is 0 Å². The zero-order chi connectivity index (χ0) is 16.9. The molecule has 0 heterocycles. The minimum absolute atomic E-state index is 0.971. The lowest BCUT2D eigenvalue weighted by atomic mass is 9.88. The molecule has 0 aliphatic carbocycles. The van der Waals surface area contributed by atoms with Crippen molar-refractivity contribution in [3.8, 4) is 22.3 Å². The van der Waals surface area contributed by atoms with Gasteiger partial charge in [-0.25, -0.2) is 0 Å². The van der Waals surface area contributed by atoms with Crippen molar-refractivity contribution in [2.75, 3.05) is 0 Å². The third-order valence-corrected chi connectivity index (χ3v) is 4.48. The summed E-state index contributed by atoms with van der Waals surface area (Å²) in [5.74, 6) is 0. The summed E-state index contributed by atoms with van der Waals surface area (Å²) in [4.78, 5) is 0. The first-order chi connectivity index (χ1) is 11.7. The molecular weight excluding hydrogens is 288 g/mol. The van der Waals surface area contributed by atoms with Crippen LogP contribution in [0.4, 0.5) is 0 Å². The second-order valence-corrected chi connectivity index (χ2v) is 6.48. The van der Waals surface area contributed by atoms with Crippen molar-refractivity contribution in [2.45, 2.75) is 27.2 Å². The number of hydrogen-bond donors (Lipinski definition) is 0. The van der Waals surface area contributed by atoms with Gasteiger partial charge in [-0.15, -0.1) is 0 Å². The molecule has 0 saturated heterocycles. The van der Waals surface area contributed by atoms with Crippen LogP contribution in [0.5, 0.6) is 0 Å². The lowest BCUT2D eigenvalue weighted by molar-refractivity contribution is 1.18. The van der Waals surface area contributed by atoms with Gasteiger partial charge in [-0.1, -0.05) is 84.4 Å². The largest absolute Gasteiger partial charge is 0.0815 e. The lowest BCUT2D eigenvalue weighted by Gasteiger charge is -2.16. The van der Waals surface area contributed by atoms with Gasteiger partial charge in [-0.2, -0.15) is 0 Å². The quantitative estimate of drug-likeness (QED) is 0.463. The Morgan fingerprint density at radius 1 is 0.708 bits per heavy atom. The molecule has 0 amide bonds. The van der Waals surface area contributed by atoms with Crippen LogP contribution < -0.4 is 0 Å². The summed E-state index contributed by atoms with van der Waals surface area (Å²) in [5.41, 5.74) is 9.39. The Kier molecular flexibility index (Phi) is 4.96. The fourth-order valence-electron chi connectivity index (χ4n) is 3.14. The topological polar surface area (TPSA) is 0 Å². The van der Waals surface area contributed by atoms with Gasteiger partial charge >= 0.3 is 0 Å². The first-order valence-corrected chi connectivity index (χ1v) is 8.53. The highest BCUT2D eigenvalue weighted by Gasteiger charge is 2.12. The van der Waals surface area contributed by atoms with Gasteiger partial charge in [-0.05, 0) is 60.6 Å². The summed E-state index contributed by atoms with van der Waals surface area (Å²) in [5, 5.41) is 0. The molecule has 0 aromatic heterocycles. The Balaban J connectivity index is 2.17. The Morgan fingerprint density at radius 2 is 1.21 bits per heavy atom. The molecule has 0 heteroatoms. The molecule has 0 fully saturated rings. The average molecular weight is 312 g/mol. The summed E-state index contributed by atoms with van der Waals surface area (Å²) in [7, 11) is 0. The Labute approximate surface area is 145 Å². The van der Waals surface area contributed by atoms with Crippen molar-refractivity contribution in [1.29, 1.82) is 0 Å². The highest BCUT2D eigenvalue weighted by atomic mass is 14.2. The highest BCUT2D eigenvalue weighted by Crippen LogP contribution is 2.33. The van der Waals surface area contributed by atoms with Crippen LogP contribution in [0.1, 0.15) is 25.0 Å². The van der Waals surface area contributed by atoms with E-state index in [9.17, 15) is 0 Å². The maximum absolute atomic E-state index is 2.32. The van der Waals surface area contributed by atoms with E-state index in [0.717, 1.165) is 6.42 Å². The maximum atomic E-state index is 2.32. The Morgan fingerprint density at radius 3 is 1.75 bits per heavy atom. The third kappa shape index (κ3) is 3.49. The van der Waals surface area contributed by atoms with Crippen LogP contribution in [0.15, 0.2) is 84.4 Å². The molecule has 0 aliphatic heterocycles. The standard InChI is InChI=1S/C24H24/c1-18(2)14-15-23-19(3)22(20-10-6-4-7-11-20)16-17-24(23)21-12-8-5-9-13-21/h4-14,16-17H,15H2,1-3H3. The van der Waals surface area contributed by atoms with Gasteiger partial charge in [-0.3, -0.25) is 0 Å². The van der Waals surface area contributed by atoms with Crippen molar-refractivity contribution < 1.29 is 0 Å². The summed E-state index contributed by atoms with van der Waals surface area (Å²) < 4.78 is 0. The Hall–Kier alpha value is -2.60. The first kappa shape index (κ1) is 16.3. The van der Waals surface area contributed by atoms with E-state index in [2.05, 4.69) is 99.6 Å². The molecule has 0 spiro atoms. The van der Waals surface area contributed by atoms with Gasteiger partial charge in [0.2, 0.25) is 0 Å². The Bertz CT molecular complexity index is 836. The second kappa shape index (κ2) is 7.31. The van der Waals surface area contributed by atoms with E-state index in [1.54, 1.807) is 0 Å². The van der Waals surface area contributed by atoms with E-state index in [0.29, 0.717) is 0 Å². The average Bonchev–Trinajstić information content (AvgIpc) is 2.62. The molecule has 0 bridgehead atoms. The van der Waals surface area contributed by atoms with Crippen molar-refractivity contribution in [3.63, 3.8) is 0 Å². The lowest BCUT2D eigenvalue weighted by Crippen LogP contribution is -1.96. The minimum atomic E-state index is 0.971. The zero-order valence-electron chi connectivity index (χ0n) is 14.7. The molecule has 0 saturated carbocycles. The van der Waals surface area contributed by atoms with Gasteiger partial charge in [0, 0.05) is 0 Å². The van der Waals surface area contributed by atoms with Crippen LogP contribution in [-0.4, -0.2) is 0 Å². The fraction of sp³-hybridized carbons (Fsp3) is 0.167. The molecule has 3 rings (SSSR count). The molecule has 3 aromatic rings. The predicted molar refractivity (Wildman–Crippen MR) is 105 cm³/mol. The van der Waals surface area contributed by atoms with Crippen molar-refractivity contribution in [2.24, 2.45) is 0 Å². The number of hydrogen-bond acceptors (Lipinski definition) is 0. The van der Waals surface area contributed by atoms with Crippen LogP contribution in [-0.2, 0) is 6.42 Å². The van der Waals surface area contributed by atoms with E-state index in [1.807, 2.05) is 0 Å². The monoisotopic (exact) mass is 312 g/mol. The molecule has 0 aliphatic rings. The molecule has 120 valence electrons. The van der Waals surface area contributed by atoms with E-state index in [4.69, 9.17) is 0 Å². The van der Waals surface area contributed by atoms with Gasteiger partial charge in [0.1, 0.15) is 0 Å². The van der Waals surface area contributed by atoms with Crippen LogP contribution in [0.3, 0.4) is 0 Å². The van der Waals surface area contributed by atoms with Crippen molar-refractivity contribution in [1.82, 2.24) is 0 Å². The zero-order valence-corrected chi connectivity index (χ0v) is 14.7. The maximum Gasteiger partial charge on any atom is -0.00860 e. The van der Waals surface area contributed by atoms with E-state index >= 15 is 0 Å². The van der Waals surface area contributed by atoms with Crippen molar-refractivity contribution >= 4 is 0 Å². The van der Waals surface area contributed by atoms with Crippen LogP contribution in [0.2, 0.25) is 0 Å². The first-order valence-electron chi connectivity index (χ1n) is 8.53. The smallest absolute Gasteiger partial charge is 0.00860 e. The molecule has 24 heavy (non-hydrogen) atoms.